The number of nitrogens with zero attached hydrogens (tertiary/aromatic N) is 4. The van der Waals surface area contributed by atoms with Crippen LogP contribution in [0.15, 0.2) is 35.7 Å². The summed E-state index contributed by atoms with van der Waals surface area (Å²) < 4.78 is 5.34. The average molecular weight is 397 g/mol. The molecule has 0 atom stereocenters. The highest BCUT2D eigenvalue weighted by molar-refractivity contribution is 7.17. The van der Waals surface area contributed by atoms with Gasteiger partial charge in [-0.05, 0) is 31.5 Å². The van der Waals surface area contributed by atoms with Crippen LogP contribution in [0.2, 0.25) is 0 Å². The minimum atomic E-state index is 0.442. The summed E-state index contributed by atoms with van der Waals surface area (Å²) in [6, 6.07) is 10.6. The quantitative estimate of drug-likeness (QED) is 0.617. The molecule has 3 aromatic rings. The van der Waals surface area contributed by atoms with Crippen LogP contribution in [0.25, 0.3) is 21.3 Å². The molecule has 148 valence electrons. The third-order valence-corrected chi connectivity index (χ3v) is 6.12. The van der Waals surface area contributed by atoms with Crippen molar-refractivity contribution < 1.29 is 4.74 Å². The van der Waals surface area contributed by atoms with Crippen molar-refractivity contribution in [3.8, 4) is 11.1 Å². The molecule has 5 nitrogen and oxygen atoms in total. The van der Waals surface area contributed by atoms with Gasteiger partial charge in [-0.1, -0.05) is 37.3 Å². The first-order valence-corrected chi connectivity index (χ1v) is 11.0. The molecule has 1 saturated heterocycles. The number of aromatic nitrogens is 2. The smallest absolute Gasteiger partial charge is 0.158 e. The van der Waals surface area contributed by atoms with Gasteiger partial charge in [0.1, 0.15) is 17.3 Å². The van der Waals surface area contributed by atoms with E-state index >= 15 is 0 Å². The highest BCUT2D eigenvalue weighted by Gasteiger charge is 2.22. The van der Waals surface area contributed by atoms with Crippen molar-refractivity contribution in [3.63, 3.8) is 0 Å². The number of thiophene rings is 1. The van der Waals surface area contributed by atoms with E-state index in [1.54, 1.807) is 18.4 Å². The summed E-state index contributed by atoms with van der Waals surface area (Å²) in [5.74, 6) is 1.83. The van der Waals surface area contributed by atoms with Crippen LogP contribution in [0.5, 0.6) is 0 Å². The van der Waals surface area contributed by atoms with Gasteiger partial charge >= 0.3 is 0 Å². The van der Waals surface area contributed by atoms with Crippen LogP contribution in [0, 0.1) is 0 Å². The van der Waals surface area contributed by atoms with Crippen LogP contribution in [-0.2, 0) is 11.3 Å². The van der Waals surface area contributed by atoms with Crippen molar-refractivity contribution in [1.29, 1.82) is 0 Å². The summed E-state index contributed by atoms with van der Waals surface area (Å²) in [5.41, 5.74) is 2.45. The maximum atomic E-state index is 5.34. The van der Waals surface area contributed by atoms with Gasteiger partial charge in [-0.2, -0.15) is 0 Å². The third-order valence-electron chi connectivity index (χ3n) is 5.25. The number of methoxy groups -OCH3 is 1. The Hall–Kier alpha value is -2.02. The summed E-state index contributed by atoms with van der Waals surface area (Å²) in [6.45, 7) is 8.16. The zero-order valence-corrected chi connectivity index (χ0v) is 17.5. The number of benzene rings is 1. The van der Waals surface area contributed by atoms with Crippen molar-refractivity contribution >= 4 is 27.4 Å². The van der Waals surface area contributed by atoms with E-state index in [0.717, 1.165) is 42.5 Å². The molecule has 1 aliphatic heterocycles. The summed E-state index contributed by atoms with van der Waals surface area (Å²) in [7, 11) is 1.70. The number of anilines is 1. The van der Waals surface area contributed by atoms with Crippen LogP contribution in [-0.4, -0.2) is 54.7 Å². The van der Waals surface area contributed by atoms with Crippen molar-refractivity contribution in [3.05, 3.63) is 41.5 Å². The number of hydrogen-bond donors (Lipinski definition) is 0. The molecule has 1 fully saturated rings. The molecule has 0 amide bonds. The van der Waals surface area contributed by atoms with Crippen LogP contribution in [0.4, 0.5) is 5.82 Å². The lowest BCUT2D eigenvalue weighted by Crippen LogP contribution is -2.32. The van der Waals surface area contributed by atoms with Gasteiger partial charge in [0, 0.05) is 37.7 Å². The summed E-state index contributed by atoms with van der Waals surface area (Å²) >= 11 is 1.70. The minimum Gasteiger partial charge on any atom is -0.377 e. The molecule has 0 unspecified atom stereocenters. The fourth-order valence-electron chi connectivity index (χ4n) is 3.94. The normalized spacial score (nSPS) is 15.9. The molecule has 0 radical (unpaired) electrons. The fourth-order valence-corrected chi connectivity index (χ4v) is 4.90. The number of fused-ring (bicyclic) bond motifs is 1. The maximum Gasteiger partial charge on any atom is 0.158 e. The number of rotatable bonds is 6. The van der Waals surface area contributed by atoms with Crippen LogP contribution in [0.1, 0.15) is 25.6 Å². The standard InChI is InChI=1S/C22H28N4OS/c1-3-10-25-11-7-12-26(14-13-25)21-20-18(17-8-5-4-6-9-17)16-28-22(20)24-19(23-21)15-27-2/h4-6,8-9,16H,3,7,10-15H2,1-2H3. The molecule has 28 heavy (non-hydrogen) atoms. The SMILES string of the molecule is CCCN1CCCN(c2nc(COC)nc3scc(-c4ccccc4)c23)CC1. The average Bonchev–Trinajstić information content (AvgIpc) is 3.01. The summed E-state index contributed by atoms with van der Waals surface area (Å²) in [5, 5.41) is 3.40. The van der Waals surface area contributed by atoms with Gasteiger partial charge < -0.3 is 14.5 Å². The molecule has 1 aromatic carbocycles. The van der Waals surface area contributed by atoms with Crippen molar-refractivity contribution in [2.75, 3.05) is 44.7 Å². The Labute approximate surface area is 171 Å². The first-order valence-electron chi connectivity index (χ1n) is 10.1. The van der Waals surface area contributed by atoms with Gasteiger partial charge in [0.25, 0.3) is 0 Å². The molecule has 0 N–H and O–H groups in total. The Morgan fingerprint density at radius 3 is 2.71 bits per heavy atom. The van der Waals surface area contributed by atoms with E-state index in [-0.39, 0.29) is 0 Å². The topological polar surface area (TPSA) is 41.5 Å². The molecular weight excluding hydrogens is 368 g/mol. The van der Waals surface area contributed by atoms with Crippen molar-refractivity contribution in [1.82, 2.24) is 14.9 Å². The molecule has 6 heteroatoms. The third kappa shape index (κ3) is 4.04. The zero-order chi connectivity index (χ0) is 19.3. The number of ether oxygens (including phenoxy) is 1. The predicted octanol–water partition coefficient (Wildman–Crippen LogP) is 4.43. The lowest BCUT2D eigenvalue weighted by molar-refractivity contribution is 0.178. The van der Waals surface area contributed by atoms with Crippen molar-refractivity contribution in [2.45, 2.75) is 26.4 Å². The highest BCUT2D eigenvalue weighted by atomic mass is 32.1. The van der Waals surface area contributed by atoms with Gasteiger partial charge in [0.15, 0.2) is 5.82 Å². The van der Waals surface area contributed by atoms with E-state index in [9.17, 15) is 0 Å². The Balaban J connectivity index is 1.77. The molecule has 0 spiro atoms. The van der Waals surface area contributed by atoms with E-state index in [1.807, 2.05) is 0 Å². The molecular formula is C22H28N4OS. The van der Waals surface area contributed by atoms with Gasteiger partial charge in [0.05, 0.1) is 5.39 Å². The van der Waals surface area contributed by atoms with Crippen LogP contribution >= 0.6 is 11.3 Å². The molecule has 3 heterocycles. The van der Waals surface area contributed by atoms with Crippen molar-refractivity contribution in [2.24, 2.45) is 0 Å². The lowest BCUT2D eigenvalue weighted by Gasteiger charge is -2.24. The van der Waals surface area contributed by atoms with E-state index < -0.39 is 0 Å². The van der Waals surface area contributed by atoms with E-state index in [0.29, 0.717) is 6.61 Å². The summed E-state index contributed by atoms with van der Waals surface area (Å²) in [6.07, 6.45) is 2.37. The van der Waals surface area contributed by atoms with Gasteiger partial charge in [0.2, 0.25) is 0 Å². The Morgan fingerprint density at radius 1 is 1.07 bits per heavy atom. The molecule has 4 rings (SSSR count). The molecule has 1 aliphatic rings. The first kappa shape index (κ1) is 19.3. The highest BCUT2D eigenvalue weighted by Crippen LogP contribution is 2.38. The van der Waals surface area contributed by atoms with E-state index in [2.05, 4.69) is 52.4 Å². The van der Waals surface area contributed by atoms with E-state index in [1.165, 1.54) is 36.0 Å². The maximum absolute atomic E-state index is 5.34. The second-order valence-corrected chi connectivity index (χ2v) is 8.13. The largest absolute Gasteiger partial charge is 0.377 e. The fraction of sp³-hybridized carbons (Fsp3) is 0.455. The Bertz CT molecular complexity index is 912. The monoisotopic (exact) mass is 396 g/mol. The number of hydrogen-bond acceptors (Lipinski definition) is 6. The first-order chi connectivity index (χ1) is 13.8. The zero-order valence-electron chi connectivity index (χ0n) is 16.7. The second kappa shape index (κ2) is 8.99. The van der Waals surface area contributed by atoms with Gasteiger partial charge in [-0.3, -0.25) is 0 Å². The van der Waals surface area contributed by atoms with Gasteiger partial charge in [-0.15, -0.1) is 11.3 Å². The second-order valence-electron chi connectivity index (χ2n) is 7.27. The van der Waals surface area contributed by atoms with Gasteiger partial charge in [-0.25, -0.2) is 9.97 Å². The van der Waals surface area contributed by atoms with E-state index in [4.69, 9.17) is 14.7 Å². The molecule has 0 aliphatic carbocycles. The lowest BCUT2D eigenvalue weighted by atomic mass is 10.1. The van der Waals surface area contributed by atoms with Crippen LogP contribution < -0.4 is 4.90 Å². The summed E-state index contributed by atoms with van der Waals surface area (Å²) in [4.78, 5) is 15.8. The molecule has 2 aromatic heterocycles. The molecule has 0 saturated carbocycles. The van der Waals surface area contributed by atoms with Crippen LogP contribution in [0.3, 0.4) is 0 Å². The Kier molecular flexibility index (Phi) is 6.20. The predicted molar refractivity (Wildman–Crippen MR) is 117 cm³/mol. The minimum absolute atomic E-state index is 0.442. The molecule has 0 bridgehead atoms. The Morgan fingerprint density at radius 2 is 1.93 bits per heavy atom.